The number of ether oxygens (including phenoxy) is 2. The van der Waals surface area contributed by atoms with Crippen molar-refractivity contribution in [3.8, 4) is 11.5 Å². The first kappa shape index (κ1) is 17.5. The monoisotopic (exact) mass is 369 g/mol. The second-order valence-electron chi connectivity index (χ2n) is 5.26. The maximum Gasteiger partial charge on any atom is 0.416 e. The average molecular weight is 369 g/mol. The molecule has 1 N–H and O–H groups in total. The highest BCUT2D eigenvalue weighted by Crippen LogP contribution is 2.35. The van der Waals surface area contributed by atoms with Crippen LogP contribution in [0.3, 0.4) is 0 Å². The summed E-state index contributed by atoms with van der Waals surface area (Å²) in [4.78, 5) is 12.0. The fraction of sp³-hybridized carbons (Fsp3) is 0.235. The summed E-state index contributed by atoms with van der Waals surface area (Å²) in [6, 6.07) is 10.4. The van der Waals surface area contributed by atoms with E-state index in [2.05, 4.69) is 5.32 Å². The van der Waals surface area contributed by atoms with Crippen molar-refractivity contribution in [2.24, 2.45) is 0 Å². The molecule has 3 rings (SSSR count). The normalized spacial score (nSPS) is 12.9. The number of amides is 1. The molecule has 0 bridgehead atoms. The number of carbonyl (C=O) groups is 1. The van der Waals surface area contributed by atoms with Crippen LogP contribution in [0.2, 0.25) is 0 Å². The molecule has 25 heavy (non-hydrogen) atoms. The smallest absolute Gasteiger partial charge is 0.416 e. The van der Waals surface area contributed by atoms with Crippen LogP contribution in [0.5, 0.6) is 11.5 Å². The molecule has 0 fully saturated rings. The van der Waals surface area contributed by atoms with Gasteiger partial charge in [-0.15, -0.1) is 11.8 Å². The van der Waals surface area contributed by atoms with E-state index in [1.165, 1.54) is 12.1 Å². The summed E-state index contributed by atoms with van der Waals surface area (Å²) in [5.74, 6) is 0.999. The predicted molar refractivity (Wildman–Crippen MR) is 88.8 cm³/mol. The van der Waals surface area contributed by atoms with Gasteiger partial charge in [-0.05, 0) is 23.8 Å². The van der Waals surface area contributed by atoms with Gasteiger partial charge in [0.05, 0.1) is 11.3 Å². The van der Waals surface area contributed by atoms with Gasteiger partial charge in [0.25, 0.3) is 0 Å². The van der Waals surface area contributed by atoms with Crippen molar-refractivity contribution in [3.63, 3.8) is 0 Å². The molecule has 0 aliphatic carbocycles. The summed E-state index contributed by atoms with van der Waals surface area (Å²) in [5.41, 5.74) is 0.0418. The number of halogens is 3. The second-order valence-corrected chi connectivity index (χ2v) is 6.25. The van der Waals surface area contributed by atoms with Gasteiger partial charge in [-0.3, -0.25) is 4.79 Å². The van der Waals surface area contributed by atoms with Crippen LogP contribution in [0, 0.1) is 0 Å². The zero-order valence-electron chi connectivity index (χ0n) is 12.9. The van der Waals surface area contributed by atoms with Gasteiger partial charge in [0.2, 0.25) is 12.7 Å². The molecule has 1 amide bonds. The Hall–Kier alpha value is -2.35. The second kappa shape index (κ2) is 7.26. The minimum absolute atomic E-state index is 0.0423. The molecule has 0 saturated carbocycles. The zero-order chi connectivity index (χ0) is 17.9. The van der Waals surface area contributed by atoms with E-state index in [4.69, 9.17) is 9.47 Å². The third-order valence-electron chi connectivity index (χ3n) is 3.47. The van der Waals surface area contributed by atoms with Crippen molar-refractivity contribution in [2.45, 2.75) is 11.9 Å². The van der Waals surface area contributed by atoms with E-state index in [0.29, 0.717) is 17.2 Å². The Bertz CT molecular complexity index is 780. The summed E-state index contributed by atoms with van der Waals surface area (Å²) < 4.78 is 49.2. The van der Waals surface area contributed by atoms with E-state index in [1.807, 2.05) is 0 Å². The molecule has 1 heterocycles. The fourth-order valence-corrected chi connectivity index (χ4v) is 3.18. The number of fused-ring (bicyclic) bond motifs is 1. The Kier molecular flexibility index (Phi) is 5.08. The van der Waals surface area contributed by atoms with Gasteiger partial charge in [-0.2, -0.15) is 13.2 Å². The van der Waals surface area contributed by atoms with E-state index < -0.39 is 11.7 Å². The number of alkyl halides is 3. The summed E-state index contributed by atoms with van der Waals surface area (Å²) in [6.45, 7) is 0.140. The number of thioether (sulfide) groups is 1. The molecule has 1 aliphatic rings. The molecule has 0 radical (unpaired) electrons. The maximum atomic E-state index is 12.9. The zero-order valence-corrected chi connectivity index (χ0v) is 13.7. The number of hydrogen-bond acceptors (Lipinski definition) is 4. The lowest BCUT2D eigenvalue weighted by Crippen LogP contribution is -2.14. The summed E-state index contributed by atoms with van der Waals surface area (Å²) in [5, 5.41) is 2.69. The van der Waals surface area contributed by atoms with Crippen molar-refractivity contribution in [1.82, 2.24) is 0 Å². The Balaban J connectivity index is 1.54. The molecule has 132 valence electrons. The molecule has 2 aromatic rings. The lowest BCUT2D eigenvalue weighted by atomic mass is 10.1. The van der Waals surface area contributed by atoms with Crippen LogP contribution in [0.25, 0.3) is 0 Å². The molecule has 0 aromatic heterocycles. The van der Waals surface area contributed by atoms with Crippen LogP contribution in [0.1, 0.15) is 11.1 Å². The highest BCUT2D eigenvalue weighted by molar-refractivity contribution is 7.99. The lowest BCUT2D eigenvalue weighted by molar-refractivity contribution is -0.138. The molecule has 0 spiro atoms. The van der Waals surface area contributed by atoms with Crippen molar-refractivity contribution >= 4 is 23.4 Å². The van der Waals surface area contributed by atoms with Crippen LogP contribution in [0.4, 0.5) is 18.9 Å². The molecule has 1 aliphatic heterocycles. The van der Waals surface area contributed by atoms with E-state index >= 15 is 0 Å². The number of carbonyl (C=O) groups excluding carboxylic acids is 1. The molecule has 0 unspecified atom stereocenters. The number of benzene rings is 2. The molecule has 0 atom stereocenters. The van der Waals surface area contributed by atoms with Gasteiger partial charge < -0.3 is 14.8 Å². The molecule has 2 aromatic carbocycles. The van der Waals surface area contributed by atoms with Crippen molar-refractivity contribution in [2.75, 3.05) is 17.9 Å². The van der Waals surface area contributed by atoms with Gasteiger partial charge in [0, 0.05) is 17.5 Å². The van der Waals surface area contributed by atoms with Gasteiger partial charge in [0.1, 0.15) is 0 Å². The Labute approximate surface area is 146 Å². The van der Waals surface area contributed by atoms with Crippen LogP contribution in [-0.4, -0.2) is 18.5 Å². The van der Waals surface area contributed by atoms with Crippen LogP contribution in [0.15, 0.2) is 42.5 Å². The first-order valence-electron chi connectivity index (χ1n) is 7.36. The minimum Gasteiger partial charge on any atom is -0.454 e. The van der Waals surface area contributed by atoms with Gasteiger partial charge in [0.15, 0.2) is 11.5 Å². The van der Waals surface area contributed by atoms with Crippen molar-refractivity contribution < 1.29 is 27.4 Å². The lowest BCUT2D eigenvalue weighted by Gasteiger charge is -2.12. The number of anilines is 1. The summed E-state index contributed by atoms with van der Waals surface area (Å²) >= 11 is 1.12. The Morgan fingerprint density at radius 3 is 2.68 bits per heavy atom. The Morgan fingerprint density at radius 1 is 1.12 bits per heavy atom. The SMILES string of the molecule is O=C(CSCc1ccccc1C(F)(F)F)Nc1ccc2c(c1)OCO2. The van der Waals surface area contributed by atoms with Gasteiger partial charge >= 0.3 is 6.18 Å². The summed E-state index contributed by atoms with van der Waals surface area (Å²) in [7, 11) is 0. The maximum absolute atomic E-state index is 12.9. The topological polar surface area (TPSA) is 47.6 Å². The van der Waals surface area contributed by atoms with E-state index in [0.717, 1.165) is 17.8 Å². The molecular formula is C17H14F3NO3S. The number of nitrogens with one attached hydrogen (secondary N) is 1. The largest absolute Gasteiger partial charge is 0.454 e. The Morgan fingerprint density at radius 2 is 1.88 bits per heavy atom. The third kappa shape index (κ3) is 4.39. The van der Waals surface area contributed by atoms with Crippen LogP contribution in [-0.2, 0) is 16.7 Å². The highest BCUT2D eigenvalue weighted by Gasteiger charge is 2.32. The first-order chi connectivity index (χ1) is 11.9. The minimum atomic E-state index is -4.40. The molecular weight excluding hydrogens is 355 g/mol. The van der Waals surface area contributed by atoms with E-state index in [1.54, 1.807) is 24.3 Å². The van der Waals surface area contributed by atoms with Crippen molar-refractivity contribution in [1.29, 1.82) is 0 Å². The third-order valence-corrected chi connectivity index (χ3v) is 4.45. The van der Waals surface area contributed by atoms with Crippen molar-refractivity contribution in [3.05, 3.63) is 53.6 Å². The predicted octanol–water partition coefficient (Wildman–Crippen LogP) is 4.31. The average Bonchev–Trinajstić information content (AvgIpc) is 3.02. The molecule has 0 saturated heterocycles. The van der Waals surface area contributed by atoms with Gasteiger partial charge in [-0.1, -0.05) is 18.2 Å². The van der Waals surface area contributed by atoms with E-state index in [9.17, 15) is 18.0 Å². The molecule has 4 nitrogen and oxygen atoms in total. The highest BCUT2D eigenvalue weighted by atomic mass is 32.2. The van der Waals surface area contributed by atoms with Crippen LogP contribution < -0.4 is 14.8 Å². The van der Waals surface area contributed by atoms with Gasteiger partial charge in [-0.25, -0.2) is 0 Å². The molecule has 8 heteroatoms. The summed E-state index contributed by atoms with van der Waals surface area (Å²) in [6.07, 6.45) is -4.40. The standard InChI is InChI=1S/C17H14F3NO3S/c18-17(19,20)13-4-2-1-3-11(13)8-25-9-16(22)21-12-5-6-14-15(7-12)24-10-23-14/h1-7H,8-10H2,(H,21,22). The quantitative estimate of drug-likeness (QED) is 0.853. The number of rotatable bonds is 5. The van der Waals surface area contributed by atoms with E-state index in [-0.39, 0.29) is 29.8 Å². The number of hydrogen-bond donors (Lipinski definition) is 1. The van der Waals surface area contributed by atoms with Crippen LogP contribution >= 0.6 is 11.8 Å². The first-order valence-corrected chi connectivity index (χ1v) is 8.51. The fourth-order valence-electron chi connectivity index (χ4n) is 2.35.